The van der Waals surface area contributed by atoms with E-state index in [9.17, 15) is 13.5 Å². The third kappa shape index (κ3) is 3.79. The Morgan fingerprint density at radius 1 is 1.25 bits per heavy atom. The van der Waals surface area contributed by atoms with Crippen LogP contribution in [0.1, 0.15) is 6.42 Å². The lowest BCUT2D eigenvalue weighted by atomic mass is 9.95. The molecule has 1 aliphatic heterocycles. The third-order valence-electron chi connectivity index (χ3n) is 3.82. The maximum Gasteiger partial charge on any atom is 0.179 e. The van der Waals surface area contributed by atoms with E-state index in [0.717, 1.165) is 0 Å². The maximum absolute atomic E-state index is 12.1. The van der Waals surface area contributed by atoms with Gasteiger partial charge in [0.1, 0.15) is 0 Å². The lowest BCUT2D eigenvalue weighted by molar-refractivity contribution is 0.000169. The van der Waals surface area contributed by atoms with Crippen molar-refractivity contribution in [3.8, 4) is 0 Å². The summed E-state index contributed by atoms with van der Waals surface area (Å²) in [7, 11) is -3.27. The highest BCUT2D eigenvalue weighted by Gasteiger charge is 2.27. The van der Waals surface area contributed by atoms with Gasteiger partial charge in [0.15, 0.2) is 9.84 Å². The van der Waals surface area contributed by atoms with Crippen LogP contribution < -0.4 is 0 Å². The fourth-order valence-electron chi connectivity index (χ4n) is 2.46. The summed E-state index contributed by atoms with van der Waals surface area (Å²) in [6.07, 6.45) is 0.122. The molecule has 112 valence electrons. The van der Waals surface area contributed by atoms with Crippen molar-refractivity contribution < 1.29 is 18.6 Å². The van der Waals surface area contributed by atoms with E-state index in [1.807, 2.05) is 4.90 Å². The van der Waals surface area contributed by atoms with Crippen LogP contribution in [0.5, 0.6) is 0 Å². The molecule has 0 bridgehead atoms. The van der Waals surface area contributed by atoms with Crippen molar-refractivity contribution >= 4 is 9.84 Å². The van der Waals surface area contributed by atoms with Crippen LogP contribution in [-0.2, 0) is 9.84 Å². The maximum atomic E-state index is 12.1. The van der Waals surface area contributed by atoms with Gasteiger partial charge in [-0.3, -0.25) is 4.90 Å². The third-order valence-corrected chi connectivity index (χ3v) is 5.53. The number of hydrogen-bond donors (Lipinski definition) is 2. The van der Waals surface area contributed by atoms with E-state index < -0.39 is 15.9 Å². The number of piperidine rings is 1. The summed E-state index contributed by atoms with van der Waals surface area (Å²) in [5.41, 5.74) is 0. The van der Waals surface area contributed by atoms with E-state index in [0.29, 0.717) is 31.0 Å². The standard InChI is InChI=1S/C14H21NO4S/c16-11-12-6-7-15(10-14(12)17)8-9-20(18,19)13-4-2-1-3-5-13/h1-5,12,14,16-17H,6-11H2/t12-,14+/m1/s1. The van der Waals surface area contributed by atoms with Gasteiger partial charge in [-0.25, -0.2) is 8.42 Å². The van der Waals surface area contributed by atoms with E-state index in [2.05, 4.69) is 0 Å². The van der Waals surface area contributed by atoms with Crippen molar-refractivity contribution in [1.29, 1.82) is 0 Å². The number of aliphatic hydroxyl groups excluding tert-OH is 2. The Morgan fingerprint density at radius 3 is 2.55 bits per heavy atom. The van der Waals surface area contributed by atoms with Crippen LogP contribution in [-0.4, -0.2) is 61.6 Å². The number of aliphatic hydroxyl groups is 2. The molecule has 2 N–H and O–H groups in total. The Kier molecular flexibility index (Phi) is 5.15. The molecule has 0 aromatic heterocycles. The first kappa shape index (κ1) is 15.4. The Balaban J connectivity index is 1.90. The van der Waals surface area contributed by atoms with E-state index >= 15 is 0 Å². The quantitative estimate of drug-likeness (QED) is 0.808. The SMILES string of the molecule is O=S(=O)(CCN1CC[C@H](CO)[C@@H](O)C1)c1ccccc1. The van der Waals surface area contributed by atoms with Gasteiger partial charge in [0.2, 0.25) is 0 Å². The molecule has 20 heavy (non-hydrogen) atoms. The normalized spacial score (nSPS) is 24.7. The summed E-state index contributed by atoms with van der Waals surface area (Å²) >= 11 is 0. The first-order valence-corrected chi connectivity index (χ1v) is 8.47. The van der Waals surface area contributed by atoms with E-state index in [1.165, 1.54) is 0 Å². The largest absolute Gasteiger partial charge is 0.396 e. The van der Waals surface area contributed by atoms with Crippen molar-refractivity contribution in [3.05, 3.63) is 30.3 Å². The van der Waals surface area contributed by atoms with Gasteiger partial charge in [-0.15, -0.1) is 0 Å². The second-order valence-corrected chi connectivity index (χ2v) is 7.34. The van der Waals surface area contributed by atoms with Crippen molar-refractivity contribution in [3.63, 3.8) is 0 Å². The Labute approximate surface area is 119 Å². The zero-order valence-electron chi connectivity index (χ0n) is 11.4. The van der Waals surface area contributed by atoms with Crippen LogP contribution in [0.3, 0.4) is 0 Å². The smallest absolute Gasteiger partial charge is 0.179 e. The number of hydrogen-bond acceptors (Lipinski definition) is 5. The Morgan fingerprint density at radius 2 is 1.95 bits per heavy atom. The zero-order valence-corrected chi connectivity index (χ0v) is 12.2. The summed E-state index contributed by atoms with van der Waals surface area (Å²) in [4.78, 5) is 2.28. The topological polar surface area (TPSA) is 77.8 Å². The summed E-state index contributed by atoms with van der Waals surface area (Å²) in [6.45, 7) is 1.53. The Bertz CT molecular complexity index is 517. The van der Waals surface area contributed by atoms with Crippen molar-refractivity contribution in [2.45, 2.75) is 17.4 Å². The van der Waals surface area contributed by atoms with Gasteiger partial charge in [-0.1, -0.05) is 18.2 Å². The molecule has 0 aliphatic carbocycles. The van der Waals surface area contributed by atoms with Crippen LogP contribution in [0.4, 0.5) is 0 Å². The molecule has 1 aromatic carbocycles. The van der Waals surface area contributed by atoms with E-state index in [-0.39, 0.29) is 18.3 Å². The molecule has 0 unspecified atom stereocenters. The van der Waals surface area contributed by atoms with Crippen LogP contribution in [0.15, 0.2) is 35.2 Å². The number of sulfone groups is 1. The molecule has 1 aromatic rings. The van der Waals surface area contributed by atoms with Crippen molar-refractivity contribution in [2.75, 3.05) is 32.0 Å². The minimum absolute atomic E-state index is 0.0165. The average Bonchev–Trinajstić information content (AvgIpc) is 2.46. The minimum atomic E-state index is -3.27. The first-order valence-electron chi connectivity index (χ1n) is 6.82. The monoisotopic (exact) mass is 299 g/mol. The number of rotatable bonds is 5. The number of benzene rings is 1. The highest BCUT2D eigenvalue weighted by molar-refractivity contribution is 7.91. The zero-order chi connectivity index (χ0) is 14.6. The van der Waals surface area contributed by atoms with Crippen molar-refractivity contribution in [1.82, 2.24) is 4.90 Å². The molecule has 1 heterocycles. The van der Waals surface area contributed by atoms with Crippen LogP contribution in [0, 0.1) is 5.92 Å². The molecule has 0 spiro atoms. The lowest BCUT2D eigenvalue weighted by Crippen LogP contribution is -2.46. The molecule has 0 amide bonds. The summed E-state index contributed by atoms with van der Waals surface area (Å²) < 4.78 is 24.3. The second kappa shape index (κ2) is 6.67. The number of nitrogens with zero attached hydrogens (tertiary/aromatic N) is 1. The molecular weight excluding hydrogens is 278 g/mol. The van der Waals surface area contributed by atoms with Gasteiger partial charge in [-0.05, 0) is 25.1 Å². The highest BCUT2D eigenvalue weighted by Crippen LogP contribution is 2.18. The fraction of sp³-hybridized carbons (Fsp3) is 0.571. The molecule has 1 saturated heterocycles. The molecule has 0 saturated carbocycles. The highest BCUT2D eigenvalue weighted by atomic mass is 32.2. The summed E-state index contributed by atoms with van der Waals surface area (Å²) in [5, 5.41) is 18.9. The van der Waals surface area contributed by atoms with Gasteiger partial charge in [0.05, 0.1) is 16.8 Å². The first-order chi connectivity index (χ1) is 9.53. The molecule has 6 heteroatoms. The van der Waals surface area contributed by atoms with Crippen LogP contribution in [0.25, 0.3) is 0 Å². The molecule has 1 aliphatic rings. The summed E-state index contributed by atoms with van der Waals surface area (Å²) in [6, 6.07) is 8.41. The van der Waals surface area contributed by atoms with E-state index in [4.69, 9.17) is 5.11 Å². The molecule has 2 rings (SSSR count). The van der Waals surface area contributed by atoms with Gasteiger partial charge in [0, 0.05) is 25.6 Å². The van der Waals surface area contributed by atoms with Gasteiger partial charge < -0.3 is 10.2 Å². The lowest BCUT2D eigenvalue weighted by Gasteiger charge is -2.34. The van der Waals surface area contributed by atoms with Gasteiger partial charge in [0.25, 0.3) is 0 Å². The molecule has 0 radical (unpaired) electrons. The minimum Gasteiger partial charge on any atom is -0.396 e. The van der Waals surface area contributed by atoms with Crippen LogP contribution in [0.2, 0.25) is 0 Å². The molecule has 1 fully saturated rings. The molecular formula is C14H21NO4S. The fourth-order valence-corrected chi connectivity index (χ4v) is 3.76. The molecule has 2 atom stereocenters. The summed E-state index contributed by atoms with van der Waals surface area (Å²) in [5.74, 6) is -0.0370. The Hall–Kier alpha value is -0.950. The van der Waals surface area contributed by atoms with Gasteiger partial charge in [-0.2, -0.15) is 0 Å². The van der Waals surface area contributed by atoms with Crippen molar-refractivity contribution in [2.24, 2.45) is 5.92 Å². The number of β-amino-alcohol motifs (C(OH)–C–C–N with tert-alkyl or cyclic N) is 1. The average molecular weight is 299 g/mol. The van der Waals surface area contributed by atoms with Crippen LogP contribution >= 0.6 is 0 Å². The van der Waals surface area contributed by atoms with E-state index in [1.54, 1.807) is 30.3 Å². The molecule has 5 nitrogen and oxygen atoms in total. The predicted molar refractivity (Wildman–Crippen MR) is 76.1 cm³/mol. The predicted octanol–water partition coefficient (Wildman–Crippen LogP) is 0.135. The second-order valence-electron chi connectivity index (χ2n) is 5.23. The number of likely N-dealkylation sites (tertiary alicyclic amines) is 1. The van der Waals surface area contributed by atoms with Gasteiger partial charge >= 0.3 is 0 Å².